The highest BCUT2D eigenvalue weighted by Crippen LogP contribution is 2.33. The van der Waals surface area contributed by atoms with Crippen LogP contribution in [-0.2, 0) is 19.1 Å². The number of carboxylic acid groups (broad SMARTS) is 1. The average Bonchev–Trinajstić information content (AvgIpc) is 3.18. The summed E-state index contributed by atoms with van der Waals surface area (Å²) in [6, 6.07) is 7.23. The highest BCUT2D eigenvalue weighted by atomic mass is 16.5. The van der Waals surface area contributed by atoms with Crippen LogP contribution in [0.1, 0.15) is 32.6 Å². The average molecular weight is 390 g/mol. The van der Waals surface area contributed by atoms with Crippen LogP contribution in [0.25, 0.3) is 0 Å². The summed E-state index contributed by atoms with van der Waals surface area (Å²) in [5.74, 6) is -0.704. The van der Waals surface area contributed by atoms with Crippen LogP contribution in [0.4, 0.5) is 5.69 Å². The fraction of sp³-hybridized carbons (Fsp3) is 0.550. The monoisotopic (exact) mass is 390 g/mol. The van der Waals surface area contributed by atoms with Gasteiger partial charge in [0, 0.05) is 32.7 Å². The third-order valence-corrected chi connectivity index (χ3v) is 5.02. The van der Waals surface area contributed by atoms with Gasteiger partial charge in [0.2, 0.25) is 5.91 Å². The summed E-state index contributed by atoms with van der Waals surface area (Å²) < 4.78 is 11.2. The number of nitrogens with zero attached hydrogens (tertiary/aromatic N) is 2. The van der Waals surface area contributed by atoms with Gasteiger partial charge in [-0.05, 0) is 31.9 Å². The number of aliphatic carboxylic acids is 1. The molecular formula is C20H26N2O6. The topological polar surface area (TPSA) is 96.4 Å². The van der Waals surface area contributed by atoms with Crippen LogP contribution in [0.5, 0.6) is 5.75 Å². The Kier molecular flexibility index (Phi) is 6.51. The van der Waals surface area contributed by atoms with Gasteiger partial charge in [-0.1, -0.05) is 12.1 Å². The van der Waals surface area contributed by atoms with E-state index in [2.05, 4.69) is 0 Å². The summed E-state index contributed by atoms with van der Waals surface area (Å²) in [7, 11) is 0. The number of rotatable bonds is 8. The number of carboxylic acids is 1. The second-order valence-electron chi connectivity index (χ2n) is 7.09. The molecule has 152 valence electrons. The number of para-hydroxylation sites is 2. The summed E-state index contributed by atoms with van der Waals surface area (Å²) in [6.07, 6.45) is 1.14. The molecule has 2 amide bonds. The molecule has 0 saturated carbocycles. The molecule has 1 aromatic carbocycles. The smallest absolute Gasteiger partial charge is 0.305 e. The number of amides is 2. The highest BCUT2D eigenvalue weighted by Gasteiger charge is 2.32. The lowest BCUT2D eigenvalue weighted by molar-refractivity contribution is -0.139. The van der Waals surface area contributed by atoms with Crippen molar-refractivity contribution in [1.82, 2.24) is 4.90 Å². The lowest BCUT2D eigenvalue weighted by Crippen LogP contribution is -2.46. The molecule has 1 aromatic rings. The van der Waals surface area contributed by atoms with Gasteiger partial charge >= 0.3 is 5.97 Å². The number of hydrogen-bond acceptors (Lipinski definition) is 5. The number of fused-ring (bicyclic) bond motifs is 1. The van der Waals surface area contributed by atoms with Gasteiger partial charge in [-0.2, -0.15) is 0 Å². The maximum absolute atomic E-state index is 12.8. The summed E-state index contributed by atoms with van der Waals surface area (Å²) in [4.78, 5) is 39.4. The Morgan fingerprint density at radius 3 is 2.79 bits per heavy atom. The van der Waals surface area contributed by atoms with Gasteiger partial charge < -0.3 is 24.4 Å². The van der Waals surface area contributed by atoms with Gasteiger partial charge in [0.15, 0.2) is 6.10 Å². The first-order valence-electron chi connectivity index (χ1n) is 9.64. The van der Waals surface area contributed by atoms with Crippen LogP contribution >= 0.6 is 0 Å². The van der Waals surface area contributed by atoms with Gasteiger partial charge in [0.25, 0.3) is 5.91 Å². The van der Waals surface area contributed by atoms with Crippen molar-refractivity contribution in [2.45, 2.75) is 44.8 Å². The molecule has 2 aliphatic rings. The van der Waals surface area contributed by atoms with Crippen LogP contribution in [0.3, 0.4) is 0 Å². The van der Waals surface area contributed by atoms with E-state index in [0.29, 0.717) is 24.6 Å². The molecule has 0 bridgehead atoms. The molecule has 3 rings (SSSR count). The Morgan fingerprint density at radius 2 is 2.07 bits per heavy atom. The van der Waals surface area contributed by atoms with E-state index < -0.39 is 12.1 Å². The maximum Gasteiger partial charge on any atom is 0.305 e. The molecule has 1 N–H and O–H groups in total. The Bertz CT molecular complexity index is 731. The van der Waals surface area contributed by atoms with E-state index in [1.807, 2.05) is 12.1 Å². The van der Waals surface area contributed by atoms with Crippen molar-refractivity contribution in [2.75, 3.05) is 31.1 Å². The molecule has 0 radical (unpaired) electrons. The fourth-order valence-electron chi connectivity index (χ4n) is 3.54. The molecule has 0 unspecified atom stereocenters. The Hall–Kier alpha value is -2.61. The minimum absolute atomic E-state index is 0.0523. The summed E-state index contributed by atoms with van der Waals surface area (Å²) in [6.45, 7) is 3.10. The van der Waals surface area contributed by atoms with Gasteiger partial charge in [-0.15, -0.1) is 0 Å². The van der Waals surface area contributed by atoms with E-state index in [1.54, 1.807) is 28.9 Å². The standard InChI is InChI=1S/C20H26N2O6/c1-14-20(26)22(16-6-2-3-7-17(16)28-14)11-8-18(23)21(10-9-19(24)25)13-15-5-4-12-27-15/h2-3,6-7,14-15H,4-5,8-13H2,1H3,(H,24,25)/t14-,15-/m0/s1. The molecular weight excluding hydrogens is 364 g/mol. The first kappa shape index (κ1) is 20.1. The molecule has 8 heteroatoms. The number of carbonyl (C=O) groups excluding carboxylic acids is 2. The lowest BCUT2D eigenvalue weighted by Gasteiger charge is -2.33. The summed E-state index contributed by atoms with van der Waals surface area (Å²) in [5.41, 5.74) is 0.648. The zero-order chi connectivity index (χ0) is 20.1. The number of carbonyl (C=O) groups is 3. The van der Waals surface area contributed by atoms with E-state index in [9.17, 15) is 14.4 Å². The van der Waals surface area contributed by atoms with E-state index >= 15 is 0 Å². The van der Waals surface area contributed by atoms with Crippen molar-refractivity contribution < 1.29 is 29.0 Å². The Morgan fingerprint density at radius 1 is 1.29 bits per heavy atom. The molecule has 28 heavy (non-hydrogen) atoms. The van der Waals surface area contributed by atoms with Crippen LogP contribution in [0.2, 0.25) is 0 Å². The van der Waals surface area contributed by atoms with E-state index in [-0.39, 0.29) is 43.8 Å². The second-order valence-corrected chi connectivity index (χ2v) is 7.09. The number of hydrogen-bond donors (Lipinski definition) is 1. The van der Waals surface area contributed by atoms with E-state index in [1.165, 1.54) is 0 Å². The molecule has 0 spiro atoms. The van der Waals surface area contributed by atoms with E-state index in [0.717, 1.165) is 12.8 Å². The van der Waals surface area contributed by atoms with E-state index in [4.69, 9.17) is 14.6 Å². The van der Waals surface area contributed by atoms with Crippen molar-refractivity contribution in [2.24, 2.45) is 0 Å². The predicted octanol–water partition coefficient (Wildman–Crippen LogP) is 1.67. The van der Waals surface area contributed by atoms with Crippen molar-refractivity contribution in [3.63, 3.8) is 0 Å². The lowest BCUT2D eigenvalue weighted by atomic mass is 10.1. The maximum atomic E-state index is 12.8. The van der Waals surface area contributed by atoms with Gasteiger partial charge in [-0.3, -0.25) is 14.4 Å². The number of anilines is 1. The largest absolute Gasteiger partial charge is 0.481 e. The van der Waals surface area contributed by atoms with Crippen LogP contribution < -0.4 is 9.64 Å². The highest BCUT2D eigenvalue weighted by molar-refractivity contribution is 6.00. The van der Waals surface area contributed by atoms with Crippen molar-refractivity contribution in [3.8, 4) is 5.75 Å². The first-order chi connectivity index (χ1) is 13.5. The third-order valence-electron chi connectivity index (χ3n) is 5.02. The van der Waals surface area contributed by atoms with Gasteiger partial charge in [0.1, 0.15) is 5.75 Å². The first-order valence-corrected chi connectivity index (χ1v) is 9.64. The molecule has 1 saturated heterocycles. The predicted molar refractivity (Wildman–Crippen MR) is 101 cm³/mol. The van der Waals surface area contributed by atoms with Gasteiger partial charge in [-0.25, -0.2) is 0 Å². The summed E-state index contributed by atoms with van der Waals surface area (Å²) in [5, 5.41) is 8.98. The minimum Gasteiger partial charge on any atom is -0.481 e. The Balaban J connectivity index is 1.65. The molecule has 2 aliphatic heterocycles. The van der Waals surface area contributed by atoms with Gasteiger partial charge in [0.05, 0.1) is 18.2 Å². The molecule has 1 fully saturated rings. The minimum atomic E-state index is -0.948. The number of benzene rings is 1. The zero-order valence-corrected chi connectivity index (χ0v) is 16.0. The van der Waals surface area contributed by atoms with Crippen LogP contribution in [0, 0.1) is 0 Å². The Labute approximate surface area is 164 Å². The zero-order valence-electron chi connectivity index (χ0n) is 16.0. The molecule has 2 heterocycles. The molecule has 0 aromatic heterocycles. The fourth-order valence-corrected chi connectivity index (χ4v) is 3.54. The van der Waals surface area contributed by atoms with Crippen molar-refractivity contribution >= 4 is 23.5 Å². The number of ether oxygens (including phenoxy) is 2. The SMILES string of the molecule is C[C@@H]1Oc2ccccc2N(CCC(=O)N(CCC(=O)O)C[C@@H]2CCCO2)C1=O. The van der Waals surface area contributed by atoms with Crippen LogP contribution in [-0.4, -0.2) is 66.2 Å². The third kappa shape index (κ3) is 4.81. The molecule has 2 atom stereocenters. The molecule has 0 aliphatic carbocycles. The second kappa shape index (κ2) is 9.05. The summed E-state index contributed by atoms with van der Waals surface area (Å²) >= 11 is 0. The normalized spacial score (nSPS) is 21.2. The molecule has 8 nitrogen and oxygen atoms in total. The quantitative estimate of drug-likeness (QED) is 0.725. The van der Waals surface area contributed by atoms with Crippen molar-refractivity contribution in [1.29, 1.82) is 0 Å². The van der Waals surface area contributed by atoms with Crippen LogP contribution in [0.15, 0.2) is 24.3 Å². The van der Waals surface area contributed by atoms with Crippen molar-refractivity contribution in [3.05, 3.63) is 24.3 Å².